The Kier molecular flexibility index (Phi) is 8.27. The summed E-state index contributed by atoms with van der Waals surface area (Å²) in [6.07, 6.45) is -1.44. The smallest absolute Gasteiger partial charge is 0.400 e. The van der Waals surface area contributed by atoms with Gasteiger partial charge in [-0.2, -0.15) is 18.2 Å². The van der Waals surface area contributed by atoms with Gasteiger partial charge in [0.05, 0.1) is 17.3 Å². The van der Waals surface area contributed by atoms with Gasteiger partial charge in [0.2, 0.25) is 5.95 Å². The maximum atomic E-state index is 13.5. The average Bonchev–Trinajstić information content (AvgIpc) is 3.62. The van der Waals surface area contributed by atoms with Crippen molar-refractivity contribution in [2.45, 2.75) is 30.3 Å². The zero-order chi connectivity index (χ0) is 30.0. The number of aromatic nitrogens is 4. The molecule has 0 bridgehead atoms. The van der Waals surface area contributed by atoms with Crippen LogP contribution >= 0.6 is 0 Å². The number of halogens is 3. The van der Waals surface area contributed by atoms with E-state index >= 15 is 0 Å². The number of pyridine rings is 1. The van der Waals surface area contributed by atoms with E-state index in [2.05, 4.69) is 25.6 Å². The third-order valence-electron chi connectivity index (χ3n) is 6.31. The number of nitrogens with zero attached hydrogens (tertiary/aromatic N) is 5. The molecule has 4 aromatic rings. The molecule has 3 aromatic heterocycles. The Hall–Kier alpha value is -4.31. The van der Waals surface area contributed by atoms with Gasteiger partial charge < -0.3 is 24.7 Å². The summed E-state index contributed by atoms with van der Waals surface area (Å²) in [5.41, 5.74) is -0.315. The van der Waals surface area contributed by atoms with Crippen LogP contribution in [0.4, 0.5) is 24.8 Å². The fourth-order valence-electron chi connectivity index (χ4n) is 4.34. The van der Waals surface area contributed by atoms with E-state index < -0.39 is 45.8 Å². The third kappa shape index (κ3) is 6.60. The molecule has 2 atom stereocenters. The highest BCUT2D eigenvalue weighted by molar-refractivity contribution is 7.85. The van der Waals surface area contributed by atoms with Crippen molar-refractivity contribution in [3.8, 4) is 5.75 Å². The minimum atomic E-state index is -4.71. The molecule has 0 spiro atoms. The molecule has 12 nitrogen and oxygen atoms in total. The molecule has 4 heterocycles. The first-order valence-electron chi connectivity index (χ1n) is 12.7. The molecule has 2 unspecified atom stereocenters. The Balaban J connectivity index is 1.49. The number of anilines is 2. The number of ether oxygens (including phenoxy) is 1. The van der Waals surface area contributed by atoms with Gasteiger partial charge >= 0.3 is 6.18 Å². The molecule has 5 rings (SSSR count). The van der Waals surface area contributed by atoms with Crippen LogP contribution in [-0.2, 0) is 17.3 Å². The van der Waals surface area contributed by atoms with E-state index in [1.807, 2.05) is 0 Å². The van der Waals surface area contributed by atoms with Crippen molar-refractivity contribution in [3.63, 3.8) is 0 Å². The molecule has 222 valence electrons. The molecule has 1 aliphatic rings. The number of benzene rings is 1. The normalized spacial score (nSPS) is 16.0. The van der Waals surface area contributed by atoms with Gasteiger partial charge in [0.1, 0.15) is 28.8 Å². The van der Waals surface area contributed by atoms with Crippen molar-refractivity contribution in [1.82, 2.24) is 29.7 Å². The van der Waals surface area contributed by atoms with E-state index in [0.29, 0.717) is 16.8 Å². The Morgan fingerprint density at radius 1 is 1.26 bits per heavy atom. The van der Waals surface area contributed by atoms with Gasteiger partial charge in [-0.15, -0.1) is 0 Å². The Labute approximate surface area is 239 Å². The Morgan fingerprint density at radius 2 is 2.02 bits per heavy atom. The summed E-state index contributed by atoms with van der Waals surface area (Å²) >= 11 is 0. The van der Waals surface area contributed by atoms with E-state index in [1.165, 1.54) is 31.3 Å². The van der Waals surface area contributed by atoms with Gasteiger partial charge in [-0.05, 0) is 43.3 Å². The predicted octanol–water partition coefficient (Wildman–Crippen LogP) is 2.68. The van der Waals surface area contributed by atoms with Crippen molar-refractivity contribution < 1.29 is 31.3 Å². The number of nitrogens with one attached hydrogen (secondary N) is 2. The number of hydrogen-bond acceptors (Lipinski definition) is 10. The summed E-state index contributed by atoms with van der Waals surface area (Å²) in [7, 11) is 0.353. The fraction of sp³-hybridized carbons (Fsp3) is 0.346. The number of rotatable bonds is 9. The standard InChI is InChI=1S/C26H26F3N7O5S/c1-35(2)23(37)19-9-15-10-31-25(33-16-3-5-17(6-4-16)41-18-7-8-30-11-18)34-21(15)36(24(19)38)12-20-22(32-14-40-20)42(39)13-26(27,28)29/h3-6,9-10,14,18,30H,7-8,11-13H2,1-2H3,(H,31,33,34). The topological polar surface area (TPSA) is 144 Å². The molecule has 1 amide bonds. The molecule has 42 heavy (non-hydrogen) atoms. The van der Waals surface area contributed by atoms with Crippen LogP contribution in [-0.4, -0.2) is 79.8 Å². The fourth-order valence-corrected chi connectivity index (χ4v) is 5.30. The second-order valence-electron chi connectivity index (χ2n) is 9.69. The van der Waals surface area contributed by atoms with E-state index in [-0.39, 0.29) is 29.0 Å². The van der Waals surface area contributed by atoms with E-state index in [4.69, 9.17) is 9.15 Å². The summed E-state index contributed by atoms with van der Waals surface area (Å²) < 4.78 is 63.3. The number of hydrogen-bond donors (Lipinski definition) is 2. The van der Waals surface area contributed by atoms with Crippen LogP contribution in [0.3, 0.4) is 0 Å². The summed E-state index contributed by atoms with van der Waals surface area (Å²) in [5, 5.41) is 6.12. The molecule has 1 aromatic carbocycles. The number of oxazole rings is 1. The van der Waals surface area contributed by atoms with Crippen molar-refractivity contribution in [2.75, 3.05) is 38.3 Å². The lowest BCUT2D eigenvalue weighted by molar-refractivity contribution is -0.105. The highest BCUT2D eigenvalue weighted by Crippen LogP contribution is 2.24. The molecule has 0 aliphatic carbocycles. The van der Waals surface area contributed by atoms with Crippen LogP contribution in [0.2, 0.25) is 0 Å². The number of carbonyl (C=O) groups excluding carboxylic acids is 1. The van der Waals surface area contributed by atoms with E-state index in [9.17, 15) is 27.0 Å². The van der Waals surface area contributed by atoms with E-state index in [0.717, 1.165) is 30.5 Å². The molecule has 1 saturated heterocycles. The molecule has 1 fully saturated rings. The lowest BCUT2D eigenvalue weighted by atomic mass is 10.2. The molecular formula is C26H26F3N7O5S. The zero-order valence-electron chi connectivity index (χ0n) is 22.5. The van der Waals surface area contributed by atoms with Gasteiger partial charge in [-0.25, -0.2) is 9.97 Å². The number of alkyl halides is 3. The lowest BCUT2D eigenvalue weighted by Crippen LogP contribution is -2.33. The highest BCUT2D eigenvalue weighted by Gasteiger charge is 2.33. The summed E-state index contributed by atoms with van der Waals surface area (Å²) in [5.74, 6) is -1.68. The zero-order valence-corrected chi connectivity index (χ0v) is 23.3. The second-order valence-corrected chi connectivity index (χ2v) is 11.1. The van der Waals surface area contributed by atoms with Crippen LogP contribution in [0.1, 0.15) is 22.5 Å². The van der Waals surface area contributed by atoms with Crippen LogP contribution in [0.25, 0.3) is 11.0 Å². The minimum Gasteiger partial charge on any atom is -0.489 e. The molecule has 16 heteroatoms. The van der Waals surface area contributed by atoms with E-state index in [1.54, 1.807) is 24.3 Å². The molecular weight excluding hydrogens is 579 g/mol. The second kappa shape index (κ2) is 11.9. The number of fused-ring (bicyclic) bond motifs is 1. The molecule has 1 aliphatic heterocycles. The summed E-state index contributed by atoms with van der Waals surface area (Å²) in [4.78, 5) is 39.9. The van der Waals surface area contributed by atoms with Crippen molar-refractivity contribution in [1.29, 1.82) is 0 Å². The van der Waals surface area contributed by atoms with Gasteiger partial charge in [0.15, 0.2) is 17.2 Å². The SMILES string of the molecule is CN(C)C(=O)c1cc2cnc(Nc3ccc(OC4CCNC4)cc3)nc2n(Cc2ocnc2S(=O)CC(F)(F)F)c1=O. The maximum Gasteiger partial charge on any atom is 0.400 e. The van der Waals surface area contributed by atoms with Crippen molar-refractivity contribution >= 4 is 39.4 Å². The molecule has 2 N–H and O–H groups in total. The quantitative estimate of drug-likeness (QED) is 0.292. The van der Waals surface area contributed by atoms with Gasteiger partial charge in [0, 0.05) is 37.9 Å². The average molecular weight is 606 g/mol. The van der Waals surface area contributed by atoms with Crippen LogP contribution in [0.15, 0.2) is 57.2 Å². The van der Waals surface area contributed by atoms with Crippen molar-refractivity contribution in [2.24, 2.45) is 0 Å². The van der Waals surface area contributed by atoms with Crippen molar-refractivity contribution in [3.05, 3.63) is 64.6 Å². The first kappa shape index (κ1) is 29.2. The summed E-state index contributed by atoms with van der Waals surface area (Å²) in [6, 6.07) is 8.47. The Morgan fingerprint density at radius 3 is 2.69 bits per heavy atom. The highest BCUT2D eigenvalue weighted by atomic mass is 32.2. The van der Waals surface area contributed by atoms with Gasteiger partial charge in [-0.1, -0.05) is 0 Å². The van der Waals surface area contributed by atoms with Gasteiger partial charge in [-0.3, -0.25) is 18.4 Å². The predicted molar refractivity (Wildman–Crippen MR) is 146 cm³/mol. The first-order valence-corrected chi connectivity index (χ1v) is 14.0. The molecule has 0 saturated carbocycles. The lowest BCUT2D eigenvalue weighted by Gasteiger charge is -2.15. The summed E-state index contributed by atoms with van der Waals surface area (Å²) in [6.45, 7) is 1.20. The first-order chi connectivity index (χ1) is 20.0. The number of carbonyl (C=O) groups is 1. The third-order valence-corrected chi connectivity index (χ3v) is 7.66. The van der Waals surface area contributed by atoms with Gasteiger partial charge in [0.25, 0.3) is 11.5 Å². The van der Waals surface area contributed by atoms with Crippen LogP contribution in [0, 0.1) is 0 Å². The Bertz CT molecular complexity index is 1680. The number of amides is 1. The van der Waals surface area contributed by atoms with Crippen LogP contribution < -0.4 is 20.9 Å². The maximum absolute atomic E-state index is 13.5. The monoisotopic (exact) mass is 605 g/mol. The van der Waals surface area contributed by atoms with Crippen LogP contribution in [0.5, 0.6) is 5.75 Å². The minimum absolute atomic E-state index is 0.0606. The molecule has 0 radical (unpaired) electrons. The largest absolute Gasteiger partial charge is 0.489 e.